The lowest BCUT2D eigenvalue weighted by Crippen LogP contribution is -2.36. The maximum atomic E-state index is 13.5. The molecule has 0 aliphatic rings. The molecule has 0 spiro atoms. The number of nitrogens with zero attached hydrogens (tertiary/aromatic N) is 3. The smallest absolute Gasteiger partial charge is 0.295 e. The van der Waals surface area contributed by atoms with Crippen LogP contribution in [-0.2, 0) is 0 Å². The first-order chi connectivity index (χ1) is 14.4. The number of para-hydroxylation sites is 1. The summed E-state index contributed by atoms with van der Waals surface area (Å²) in [5.74, 6) is 0.590. The van der Waals surface area contributed by atoms with Gasteiger partial charge in [-0.15, -0.1) is 0 Å². The van der Waals surface area contributed by atoms with Crippen LogP contribution in [-0.4, -0.2) is 50.1 Å². The summed E-state index contributed by atoms with van der Waals surface area (Å²) in [6, 6.07) is 11.1. The van der Waals surface area contributed by atoms with Gasteiger partial charge in [0.2, 0.25) is 0 Å². The summed E-state index contributed by atoms with van der Waals surface area (Å²) in [5, 5.41) is 2.04. The van der Waals surface area contributed by atoms with Crippen LogP contribution in [0.3, 0.4) is 0 Å². The van der Waals surface area contributed by atoms with Gasteiger partial charge in [-0.2, -0.15) is 0 Å². The fourth-order valence-electron chi connectivity index (χ4n) is 3.23. The van der Waals surface area contributed by atoms with Gasteiger partial charge < -0.3 is 14.1 Å². The molecular formula is C22H22ClN3O3S. The van der Waals surface area contributed by atoms with Crippen molar-refractivity contribution in [3.8, 4) is 5.75 Å². The van der Waals surface area contributed by atoms with Crippen molar-refractivity contribution in [2.24, 2.45) is 0 Å². The normalized spacial score (nSPS) is 11.5. The van der Waals surface area contributed by atoms with Gasteiger partial charge in [-0.25, -0.2) is 4.98 Å². The molecule has 0 aliphatic heterocycles. The van der Waals surface area contributed by atoms with Crippen LogP contribution in [0.5, 0.6) is 5.75 Å². The number of aromatic nitrogens is 1. The number of amides is 1. The molecule has 156 valence electrons. The fraction of sp³-hybridized carbons (Fsp3) is 0.273. The van der Waals surface area contributed by atoms with Gasteiger partial charge in [-0.3, -0.25) is 9.69 Å². The zero-order valence-corrected chi connectivity index (χ0v) is 18.8. The number of benzene rings is 2. The van der Waals surface area contributed by atoms with E-state index >= 15 is 0 Å². The minimum atomic E-state index is -0.247. The maximum Gasteiger partial charge on any atom is 0.295 e. The van der Waals surface area contributed by atoms with Crippen molar-refractivity contribution in [2.75, 3.05) is 39.2 Å². The number of carbonyl (C=O) groups is 1. The molecule has 2 aromatic heterocycles. The molecule has 0 unspecified atom stereocenters. The van der Waals surface area contributed by atoms with E-state index in [4.69, 9.17) is 25.7 Å². The topological polar surface area (TPSA) is 58.8 Å². The van der Waals surface area contributed by atoms with Crippen LogP contribution in [0.15, 0.2) is 40.8 Å². The van der Waals surface area contributed by atoms with E-state index in [1.165, 1.54) is 11.3 Å². The Kier molecular flexibility index (Phi) is 5.69. The Balaban J connectivity index is 1.78. The molecule has 2 aromatic carbocycles. The summed E-state index contributed by atoms with van der Waals surface area (Å²) < 4.78 is 12.1. The van der Waals surface area contributed by atoms with E-state index in [1.807, 2.05) is 56.3 Å². The number of rotatable bonds is 6. The molecule has 0 N–H and O–H groups in total. The highest BCUT2D eigenvalue weighted by Gasteiger charge is 2.26. The monoisotopic (exact) mass is 443 g/mol. The lowest BCUT2D eigenvalue weighted by molar-refractivity contribution is 0.0960. The number of methoxy groups -OCH3 is 1. The number of hydrogen-bond acceptors (Lipinski definition) is 6. The van der Waals surface area contributed by atoms with Crippen LogP contribution >= 0.6 is 22.9 Å². The van der Waals surface area contributed by atoms with Crippen molar-refractivity contribution in [1.82, 2.24) is 9.88 Å². The Bertz CT molecular complexity index is 1190. The summed E-state index contributed by atoms with van der Waals surface area (Å²) in [5.41, 5.74) is 2.39. The number of ether oxygens (including phenoxy) is 1. The average Bonchev–Trinajstić information content (AvgIpc) is 3.36. The van der Waals surface area contributed by atoms with Crippen LogP contribution in [0.2, 0.25) is 5.02 Å². The molecule has 4 rings (SSSR count). The third kappa shape index (κ3) is 3.76. The minimum Gasteiger partial charge on any atom is -0.493 e. The summed E-state index contributed by atoms with van der Waals surface area (Å²) in [6.45, 7) is 3.13. The first-order valence-electron chi connectivity index (χ1n) is 9.48. The number of carbonyl (C=O) groups excluding carboxylic acids is 1. The summed E-state index contributed by atoms with van der Waals surface area (Å²) in [4.78, 5) is 21.9. The van der Waals surface area contributed by atoms with Crippen LogP contribution in [0.4, 0.5) is 5.13 Å². The standard InChI is InChI=1S/C22H22ClN3O3S/c1-13-8-9-15(23)20-18(13)24-22(30-20)26(11-10-25(2)3)21(27)17-12-14-6-5-7-16(28-4)19(14)29-17/h5-9,12H,10-11H2,1-4H3. The molecule has 8 heteroatoms. The zero-order chi connectivity index (χ0) is 21.4. The number of halogens is 1. The Morgan fingerprint density at radius 1 is 1.23 bits per heavy atom. The predicted molar refractivity (Wildman–Crippen MR) is 122 cm³/mol. The van der Waals surface area contributed by atoms with Crippen LogP contribution in [0, 0.1) is 6.92 Å². The van der Waals surface area contributed by atoms with Crippen molar-refractivity contribution < 1.29 is 13.9 Å². The van der Waals surface area contributed by atoms with E-state index in [1.54, 1.807) is 18.1 Å². The van der Waals surface area contributed by atoms with Crippen molar-refractivity contribution in [2.45, 2.75) is 6.92 Å². The predicted octanol–water partition coefficient (Wildman–Crippen LogP) is 5.22. The van der Waals surface area contributed by atoms with Crippen LogP contribution in [0.25, 0.3) is 21.2 Å². The van der Waals surface area contributed by atoms with E-state index in [2.05, 4.69) is 0 Å². The molecule has 4 aromatic rings. The Hall–Kier alpha value is -2.61. The Morgan fingerprint density at radius 3 is 2.73 bits per heavy atom. The summed E-state index contributed by atoms with van der Waals surface area (Å²) in [6.07, 6.45) is 0. The summed E-state index contributed by atoms with van der Waals surface area (Å²) in [7, 11) is 5.51. The van der Waals surface area contributed by atoms with Gasteiger partial charge in [-0.1, -0.05) is 41.1 Å². The van der Waals surface area contributed by atoms with E-state index in [0.717, 1.165) is 21.2 Å². The molecule has 0 bridgehead atoms. The molecule has 30 heavy (non-hydrogen) atoms. The molecule has 0 atom stereocenters. The SMILES string of the molecule is COc1cccc2cc(C(=O)N(CCN(C)C)c3nc4c(C)ccc(Cl)c4s3)oc12. The van der Waals surface area contributed by atoms with Crippen LogP contribution in [0.1, 0.15) is 16.1 Å². The van der Waals surface area contributed by atoms with E-state index in [9.17, 15) is 4.79 Å². The third-order valence-electron chi connectivity index (χ3n) is 4.87. The van der Waals surface area contributed by atoms with Crippen molar-refractivity contribution in [3.63, 3.8) is 0 Å². The van der Waals surface area contributed by atoms with E-state index < -0.39 is 0 Å². The molecule has 0 saturated heterocycles. The Labute approximate surface area is 183 Å². The quantitative estimate of drug-likeness (QED) is 0.409. The average molecular weight is 444 g/mol. The highest BCUT2D eigenvalue weighted by Crippen LogP contribution is 2.36. The number of anilines is 1. The first kappa shape index (κ1) is 20.7. The number of likely N-dealkylation sites (N-methyl/N-ethyl adjacent to an activating group) is 1. The molecule has 0 radical (unpaired) electrons. The van der Waals surface area contributed by atoms with Gasteiger partial charge in [0.25, 0.3) is 5.91 Å². The van der Waals surface area contributed by atoms with E-state index in [-0.39, 0.29) is 11.7 Å². The molecular weight excluding hydrogens is 422 g/mol. The van der Waals surface area contributed by atoms with Gasteiger partial charge >= 0.3 is 0 Å². The third-order valence-corrected chi connectivity index (χ3v) is 6.41. The van der Waals surface area contributed by atoms with E-state index in [0.29, 0.717) is 34.6 Å². The number of fused-ring (bicyclic) bond motifs is 2. The second-order valence-corrected chi connectivity index (χ2v) is 8.67. The highest BCUT2D eigenvalue weighted by molar-refractivity contribution is 7.23. The van der Waals surface area contributed by atoms with Gasteiger partial charge in [0.05, 0.1) is 22.3 Å². The Morgan fingerprint density at radius 2 is 2.03 bits per heavy atom. The minimum absolute atomic E-state index is 0.246. The van der Waals surface area contributed by atoms with Gasteiger partial charge in [0.15, 0.2) is 22.2 Å². The van der Waals surface area contributed by atoms with Gasteiger partial charge in [0, 0.05) is 18.5 Å². The largest absolute Gasteiger partial charge is 0.493 e. The zero-order valence-electron chi connectivity index (χ0n) is 17.2. The molecule has 6 nitrogen and oxygen atoms in total. The lowest BCUT2D eigenvalue weighted by atomic mass is 10.2. The molecule has 0 saturated carbocycles. The highest BCUT2D eigenvalue weighted by atomic mass is 35.5. The number of hydrogen-bond donors (Lipinski definition) is 0. The molecule has 2 heterocycles. The number of aryl methyl sites for hydroxylation is 1. The summed E-state index contributed by atoms with van der Waals surface area (Å²) >= 11 is 7.80. The molecule has 0 aliphatic carbocycles. The fourth-order valence-corrected chi connectivity index (χ4v) is 4.57. The maximum absolute atomic E-state index is 13.5. The second kappa shape index (κ2) is 8.26. The van der Waals surface area contributed by atoms with Gasteiger partial charge in [0.1, 0.15) is 0 Å². The van der Waals surface area contributed by atoms with Gasteiger partial charge in [-0.05, 0) is 44.8 Å². The molecule has 1 amide bonds. The second-order valence-electron chi connectivity index (χ2n) is 7.29. The van der Waals surface area contributed by atoms with Crippen molar-refractivity contribution >= 4 is 55.2 Å². The van der Waals surface area contributed by atoms with Crippen molar-refractivity contribution in [3.05, 3.63) is 52.7 Å². The van der Waals surface area contributed by atoms with Crippen LogP contribution < -0.4 is 9.64 Å². The lowest BCUT2D eigenvalue weighted by Gasteiger charge is -2.20. The number of furan rings is 1. The van der Waals surface area contributed by atoms with Crippen molar-refractivity contribution in [1.29, 1.82) is 0 Å². The first-order valence-corrected chi connectivity index (χ1v) is 10.7. The number of thiazole rings is 1. The molecule has 0 fully saturated rings.